The van der Waals surface area contributed by atoms with Gasteiger partial charge in [-0.1, -0.05) is 50.6 Å². The number of hydrogen-bond donors (Lipinski definition) is 2. The Labute approximate surface area is 424 Å². The summed E-state index contributed by atoms with van der Waals surface area (Å²) >= 11 is 7.13. The van der Waals surface area contributed by atoms with E-state index in [9.17, 15) is 19.4 Å². The third kappa shape index (κ3) is 11.7. The minimum atomic E-state index is -2.35. The Balaban J connectivity index is 1.15. The first kappa shape index (κ1) is 51.7. The molecule has 7 aromatic rings. The van der Waals surface area contributed by atoms with Crippen molar-refractivity contribution < 1.29 is 47.2 Å². The van der Waals surface area contributed by atoms with Crippen molar-refractivity contribution >= 4 is 37.0 Å². The number of carboxylic acids is 1. The molecule has 0 aliphatic carbocycles. The van der Waals surface area contributed by atoms with Gasteiger partial charge in [-0.25, -0.2) is 29.1 Å². The monoisotopic (exact) mass is 1020 g/mol. The first-order valence-electron chi connectivity index (χ1n) is 23.7. The van der Waals surface area contributed by atoms with Gasteiger partial charge in [0.15, 0.2) is 5.82 Å². The van der Waals surface area contributed by atoms with Crippen molar-refractivity contribution in [3.05, 3.63) is 125 Å². The van der Waals surface area contributed by atoms with Gasteiger partial charge in [-0.2, -0.15) is 0 Å². The maximum atomic E-state index is 14.4. The van der Waals surface area contributed by atoms with Crippen LogP contribution in [0.3, 0.4) is 0 Å². The third-order valence-electron chi connectivity index (χ3n) is 13.3. The summed E-state index contributed by atoms with van der Waals surface area (Å²) in [6.07, 6.45) is 0.617. The quantitative estimate of drug-likeness (QED) is 0.0732. The van der Waals surface area contributed by atoms with Crippen LogP contribution >= 0.6 is 11.6 Å². The number of aromatic nitrogens is 4. The molecule has 0 saturated carbocycles. The lowest BCUT2D eigenvalue weighted by atomic mass is 9.95. The second-order valence-electron chi connectivity index (χ2n) is 19.4. The van der Waals surface area contributed by atoms with Crippen LogP contribution in [0.15, 0.2) is 102 Å². The van der Waals surface area contributed by atoms with E-state index < -0.39 is 32.3 Å². The number of carboxylic acid groups (broad SMARTS) is 1. The normalized spacial score (nSPS) is 14.5. The Morgan fingerprint density at radius 3 is 2.36 bits per heavy atom. The smallest absolute Gasteiger partial charge is 0.345 e. The van der Waals surface area contributed by atoms with Gasteiger partial charge in [-0.3, -0.25) is 4.90 Å². The molecule has 8 rings (SSSR count). The van der Waals surface area contributed by atoms with Gasteiger partial charge in [0.05, 0.1) is 30.0 Å². The van der Waals surface area contributed by atoms with Crippen LogP contribution in [0.4, 0.5) is 4.39 Å². The van der Waals surface area contributed by atoms with E-state index in [2.05, 4.69) is 65.7 Å². The van der Waals surface area contributed by atoms with Crippen LogP contribution in [0, 0.1) is 12.7 Å². The van der Waals surface area contributed by atoms with Crippen LogP contribution in [-0.4, -0.2) is 120 Å². The van der Waals surface area contributed by atoms with Crippen LogP contribution in [0.2, 0.25) is 23.2 Å². The number of benzene rings is 4. The second kappa shape index (κ2) is 22.0. The number of likely N-dealkylation sites (N-methyl/N-ethyl adjacent to an activating group) is 1. The van der Waals surface area contributed by atoms with Crippen molar-refractivity contribution in [2.45, 2.75) is 71.1 Å². The van der Waals surface area contributed by atoms with E-state index in [4.69, 9.17) is 44.4 Å². The van der Waals surface area contributed by atoms with Gasteiger partial charge in [-0.15, -0.1) is 0 Å². The molecule has 4 aromatic carbocycles. The molecule has 2 atom stereocenters. The van der Waals surface area contributed by atoms with Crippen LogP contribution < -0.4 is 23.4 Å². The van der Waals surface area contributed by atoms with Crippen LogP contribution in [0.1, 0.15) is 37.6 Å². The summed E-state index contributed by atoms with van der Waals surface area (Å²) in [6, 6.07) is 23.9. The highest BCUT2D eigenvalue weighted by Crippen LogP contribution is 2.47. The van der Waals surface area contributed by atoms with E-state index >= 15 is 0 Å². The summed E-state index contributed by atoms with van der Waals surface area (Å²) in [5, 5.41) is 21.7. The maximum Gasteiger partial charge on any atom is 0.345 e. The number of para-hydroxylation sites is 1. The highest BCUT2D eigenvalue weighted by Gasteiger charge is 2.39. The Kier molecular flexibility index (Phi) is 15.8. The zero-order chi connectivity index (χ0) is 51.3. The number of ether oxygens (including phenoxy) is 4. The molecule has 0 amide bonds. The number of fused-ring (bicyclic) bond motifs is 1. The molecule has 1 fully saturated rings. The van der Waals surface area contributed by atoms with Gasteiger partial charge < -0.3 is 42.9 Å². The highest BCUT2D eigenvalue weighted by atomic mass is 35.5. The highest BCUT2D eigenvalue weighted by molar-refractivity contribution is 6.74. The number of furan rings is 1. The van der Waals surface area contributed by atoms with Crippen LogP contribution in [0.5, 0.6) is 28.9 Å². The fraction of sp³-hybridized carbons (Fsp3) is 0.352. The molecule has 0 spiro atoms. The maximum absolute atomic E-state index is 14.4. The molecule has 18 heteroatoms. The summed E-state index contributed by atoms with van der Waals surface area (Å²) in [5.41, 5.74) is 3.97. The molecule has 1 aliphatic heterocycles. The Morgan fingerprint density at radius 2 is 1.65 bits per heavy atom. The van der Waals surface area contributed by atoms with E-state index in [0.717, 1.165) is 26.2 Å². The predicted molar refractivity (Wildman–Crippen MR) is 276 cm³/mol. The SMILES string of the molecule is COc1ccccc1-c1nccc(COc2ccc(O[Si](C)(C)C(C)(C)C)cc2CC(Oc2ncnc3oc(-c4ccc(F)cc4)c(-c4ccc(OC(CO)CN5CCN(C)CC5)c(Cl)c4C)c23)C(=O)O)n1. The molecular formula is C54H60ClFN6O9Si. The standard InChI is InChI=1S/C54H60ClFN6O9Si/c1-33-40(18-20-44(48(33)55)68-39(30-63)29-62-25-23-61(5)24-26-62)46-47-51(58-32-59-52(47)70-49(46)34-13-15-36(56)16-14-34)69-45(53(64)65)28-35-27-38(71-72(7,8)54(2,3)4)17-19-42(35)67-31-37-21-22-57-50(60-37)41-11-9-10-12-43(41)66-6/h9-22,27,32,39,45,63H,23-26,28-31H2,1-8H3,(H,64,65). The van der Waals surface area contributed by atoms with Gasteiger partial charge in [0, 0.05) is 62.0 Å². The van der Waals surface area contributed by atoms with E-state index in [0.29, 0.717) is 80.2 Å². The third-order valence-corrected chi connectivity index (χ3v) is 18.1. The topological polar surface area (TPSA) is 175 Å². The van der Waals surface area contributed by atoms with Crippen molar-refractivity contribution in [2.24, 2.45) is 0 Å². The molecule has 3 aromatic heterocycles. The van der Waals surface area contributed by atoms with Gasteiger partial charge in [0.25, 0.3) is 0 Å². The summed E-state index contributed by atoms with van der Waals surface area (Å²) in [6.45, 7) is 16.4. The van der Waals surface area contributed by atoms with Crippen LogP contribution in [0.25, 0.3) is 44.9 Å². The molecule has 1 saturated heterocycles. The Morgan fingerprint density at radius 1 is 0.917 bits per heavy atom. The minimum absolute atomic E-state index is 0.0262. The molecule has 2 N–H and O–H groups in total. The number of nitrogens with zero attached hydrogens (tertiary/aromatic N) is 6. The summed E-state index contributed by atoms with van der Waals surface area (Å²) in [5.74, 6) is 0.885. The van der Waals surface area contributed by atoms with Gasteiger partial charge >= 0.3 is 5.97 Å². The number of aliphatic hydroxyl groups excluding tert-OH is 1. The summed E-state index contributed by atoms with van der Waals surface area (Å²) in [7, 11) is 1.32. The molecule has 0 bridgehead atoms. The largest absolute Gasteiger partial charge is 0.543 e. The zero-order valence-electron chi connectivity index (χ0n) is 41.7. The van der Waals surface area contributed by atoms with Gasteiger partial charge in [0.2, 0.25) is 26.0 Å². The van der Waals surface area contributed by atoms with E-state index in [1.165, 1.54) is 18.5 Å². The van der Waals surface area contributed by atoms with Crippen molar-refractivity contribution in [3.63, 3.8) is 0 Å². The average Bonchev–Trinajstić information content (AvgIpc) is 3.75. The number of hydrogen-bond acceptors (Lipinski definition) is 14. The summed E-state index contributed by atoms with van der Waals surface area (Å²) in [4.78, 5) is 36.1. The number of carbonyl (C=O) groups is 1. The zero-order valence-corrected chi connectivity index (χ0v) is 43.5. The number of piperazine rings is 1. The molecule has 2 unspecified atom stereocenters. The number of rotatable bonds is 19. The van der Waals surface area contributed by atoms with Crippen molar-refractivity contribution in [3.8, 4) is 62.7 Å². The van der Waals surface area contributed by atoms with E-state index in [1.54, 1.807) is 55.8 Å². The first-order valence-corrected chi connectivity index (χ1v) is 27.0. The lowest BCUT2D eigenvalue weighted by Crippen LogP contribution is -2.48. The average molecular weight is 1020 g/mol. The van der Waals surface area contributed by atoms with Crippen molar-refractivity contribution in [2.75, 3.05) is 53.5 Å². The van der Waals surface area contributed by atoms with Gasteiger partial charge in [-0.05, 0) is 110 Å². The predicted octanol–water partition coefficient (Wildman–Crippen LogP) is 10.1. The first-order chi connectivity index (χ1) is 34.4. The fourth-order valence-electron chi connectivity index (χ4n) is 8.18. The van der Waals surface area contributed by atoms with Crippen molar-refractivity contribution in [1.82, 2.24) is 29.7 Å². The molecular weight excluding hydrogens is 959 g/mol. The van der Waals surface area contributed by atoms with E-state index in [1.807, 2.05) is 37.3 Å². The molecule has 72 heavy (non-hydrogen) atoms. The minimum Gasteiger partial charge on any atom is -0.543 e. The number of methoxy groups -OCH3 is 1. The molecule has 1 aliphatic rings. The van der Waals surface area contributed by atoms with Crippen LogP contribution in [-0.2, 0) is 17.8 Å². The molecule has 0 radical (unpaired) electrons. The molecule has 4 heterocycles. The molecule has 378 valence electrons. The van der Waals surface area contributed by atoms with E-state index in [-0.39, 0.29) is 46.7 Å². The molecule has 15 nitrogen and oxygen atoms in total. The number of aliphatic carboxylic acids is 1. The van der Waals surface area contributed by atoms with Crippen molar-refractivity contribution in [1.29, 1.82) is 0 Å². The lowest BCUT2D eigenvalue weighted by Gasteiger charge is -2.36. The van der Waals surface area contributed by atoms with Gasteiger partial charge in [0.1, 0.15) is 59.0 Å². The number of halogens is 2. The summed E-state index contributed by atoms with van der Waals surface area (Å²) < 4.78 is 52.3. The Hall–Kier alpha value is -6.63. The lowest BCUT2D eigenvalue weighted by molar-refractivity contribution is -0.145. The fourth-order valence-corrected chi connectivity index (χ4v) is 9.41. The Bertz CT molecular complexity index is 3030. The second-order valence-corrected chi connectivity index (χ2v) is 24.5. The number of aliphatic hydroxyl groups is 1.